The Hall–Kier alpha value is -2.36. The first-order valence-electron chi connectivity index (χ1n) is 10.9. The van der Waals surface area contributed by atoms with Crippen LogP contribution in [0.2, 0.25) is 0 Å². The molecule has 0 aromatic heterocycles. The fourth-order valence-electron chi connectivity index (χ4n) is 3.80. The summed E-state index contributed by atoms with van der Waals surface area (Å²) in [6.45, 7) is 4.71. The molecule has 10 heteroatoms. The Morgan fingerprint density at radius 2 is 1.84 bits per heavy atom. The highest BCUT2D eigenvalue weighted by atomic mass is 19.4. The highest BCUT2D eigenvalue weighted by molar-refractivity contribution is 6.05. The van der Waals surface area contributed by atoms with Crippen LogP contribution in [0, 0.1) is 11.8 Å². The van der Waals surface area contributed by atoms with Crippen molar-refractivity contribution in [2.24, 2.45) is 17.6 Å². The monoisotopic (exact) mass is 463 g/mol. The number of hydrogen-bond acceptors (Lipinski definition) is 5. The number of β-lactam (4-membered cyclic amide) rings is 1. The van der Waals surface area contributed by atoms with Gasteiger partial charge in [0.2, 0.25) is 5.91 Å². The normalized spacial score (nSPS) is 22.3. The van der Waals surface area contributed by atoms with Crippen LogP contribution in [0.1, 0.15) is 58.8 Å². The number of urea groups is 1. The minimum absolute atomic E-state index is 0.0799. The van der Waals surface area contributed by atoms with E-state index in [1.54, 1.807) is 6.20 Å². The van der Waals surface area contributed by atoms with Gasteiger partial charge >= 0.3 is 12.2 Å². The lowest BCUT2D eigenvalue weighted by Crippen LogP contribution is -2.65. The predicted molar refractivity (Wildman–Crippen MR) is 116 cm³/mol. The number of nitrogens with zero attached hydrogens (tertiary/aromatic N) is 1. The van der Waals surface area contributed by atoms with E-state index < -0.39 is 30.6 Å². The van der Waals surface area contributed by atoms with E-state index in [2.05, 4.69) is 5.32 Å². The lowest BCUT2D eigenvalue weighted by atomic mass is 9.83. The first-order valence-corrected chi connectivity index (χ1v) is 10.9. The average molecular weight is 464 g/mol. The van der Waals surface area contributed by atoms with Crippen LogP contribution in [0.4, 0.5) is 18.0 Å². The van der Waals surface area contributed by atoms with E-state index in [1.165, 1.54) is 0 Å². The summed E-state index contributed by atoms with van der Waals surface area (Å²) >= 11 is 0. The average Bonchev–Trinajstić information content (AvgIpc) is 2.78. The number of nitrogens with one attached hydrogen (secondary N) is 1. The first kappa shape index (κ1) is 29.6. The summed E-state index contributed by atoms with van der Waals surface area (Å²) in [7, 11) is 1.00. The van der Waals surface area contributed by atoms with Crippen LogP contribution in [0.25, 0.3) is 0 Å². The van der Waals surface area contributed by atoms with Crippen LogP contribution in [-0.4, -0.2) is 54.1 Å². The molecule has 0 bridgehead atoms. The minimum Gasteiger partial charge on any atom is -0.400 e. The smallest absolute Gasteiger partial charge is 0.389 e. The summed E-state index contributed by atoms with van der Waals surface area (Å²) in [5, 5.41) is 9.99. The summed E-state index contributed by atoms with van der Waals surface area (Å²) in [5.41, 5.74) is 6.00. The topological polar surface area (TPSA) is 113 Å². The molecule has 3 rings (SSSR count). The molecule has 184 valence electrons. The summed E-state index contributed by atoms with van der Waals surface area (Å²) in [5.74, 6) is -0.916. The number of halogens is 3. The summed E-state index contributed by atoms with van der Waals surface area (Å²) < 4.78 is 35.5. The van der Waals surface area contributed by atoms with Crippen molar-refractivity contribution >= 4 is 18.2 Å². The Labute approximate surface area is 187 Å². The Bertz CT molecular complexity index is 645. The van der Waals surface area contributed by atoms with Crippen LogP contribution in [-0.2, 0) is 9.59 Å². The van der Waals surface area contributed by atoms with Gasteiger partial charge in [-0.05, 0) is 30.2 Å². The van der Waals surface area contributed by atoms with Crippen LogP contribution in [0.3, 0.4) is 0 Å². The fourth-order valence-corrected chi connectivity index (χ4v) is 3.80. The highest BCUT2D eigenvalue weighted by Crippen LogP contribution is 2.34. The number of carbonyl (C=O) groups excluding carboxylic acids is 3. The number of amides is 3. The zero-order valence-electron chi connectivity index (χ0n) is 19.0. The van der Waals surface area contributed by atoms with E-state index in [0.29, 0.717) is 19.3 Å². The minimum atomic E-state index is -3.94. The quantitative estimate of drug-likeness (QED) is 0.435. The molecule has 0 aromatic rings. The molecule has 0 spiro atoms. The lowest BCUT2D eigenvalue weighted by Gasteiger charge is -2.41. The van der Waals surface area contributed by atoms with E-state index >= 15 is 0 Å². The van der Waals surface area contributed by atoms with Gasteiger partial charge in [0.15, 0.2) is 0 Å². The molecule has 0 radical (unpaired) electrons. The molecule has 3 aliphatic rings. The third kappa shape index (κ3) is 9.84. The molecule has 1 unspecified atom stereocenters. The molecule has 1 saturated heterocycles. The first-order chi connectivity index (χ1) is 15.2. The van der Waals surface area contributed by atoms with Crippen molar-refractivity contribution in [1.29, 1.82) is 0 Å². The third-order valence-corrected chi connectivity index (χ3v) is 5.24. The van der Waals surface area contributed by atoms with Crippen LogP contribution < -0.4 is 11.1 Å². The number of nitrogens with two attached hydrogens (primary N) is 1. The Balaban J connectivity index is 0.000000555. The van der Waals surface area contributed by atoms with Crippen molar-refractivity contribution in [1.82, 2.24) is 10.2 Å². The molecular formula is C22H36F3N3O4. The molecule has 0 aromatic carbocycles. The van der Waals surface area contributed by atoms with Crippen molar-refractivity contribution in [3.8, 4) is 0 Å². The van der Waals surface area contributed by atoms with Crippen LogP contribution in [0.5, 0.6) is 0 Å². The number of aliphatic hydroxyl groups excluding tert-OH is 1. The number of allylic oxidation sites excluding steroid dienone is 2. The number of alkyl halides is 3. The second-order valence-corrected chi connectivity index (χ2v) is 7.33. The second kappa shape index (κ2) is 15.4. The van der Waals surface area contributed by atoms with Gasteiger partial charge in [0.1, 0.15) is 12.3 Å². The fraction of sp³-hybridized carbons (Fsp3) is 0.682. The van der Waals surface area contributed by atoms with Gasteiger partial charge in [-0.2, -0.15) is 13.2 Å². The van der Waals surface area contributed by atoms with Crippen molar-refractivity contribution < 1.29 is 32.7 Å². The molecule has 1 saturated carbocycles. The number of hydrogen-bond donors (Lipinski definition) is 3. The zero-order valence-corrected chi connectivity index (χ0v) is 19.0. The molecule has 2 atom stereocenters. The summed E-state index contributed by atoms with van der Waals surface area (Å²) in [4.78, 5) is 34.2. The Morgan fingerprint density at radius 1 is 1.25 bits per heavy atom. The van der Waals surface area contributed by atoms with Gasteiger partial charge in [-0.15, -0.1) is 0 Å². The number of dihydropyridines is 1. The largest absolute Gasteiger partial charge is 0.400 e. The van der Waals surface area contributed by atoms with Gasteiger partial charge in [-0.25, -0.2) is 4.79 Å². The highest BCUT2D eigenvalue weighted by Gasteiger charge is 2.49. The Morgan fingerprint density at radius 3 is 2.28 bits per heavy atom. The molecule has 2 fully saturated rings. The van der Waals surface area contributed by atoms with E-state index in [1.807, 2.05) is 26.0 Å². The van der Waals surface area contributed by atoms with Gasteiger partial charge in [-0.3, -0.25) is 9.69 Å². The maximum atomic E-state index is 11.8. The predicted octanol–water partition coefficient (Wildman–Crippen LogP) is 3.68. The number of carbonyl (C=O) groups is 3. The van der Waals surface area contributed by atoms with Gasteiger partial charge in [0, 0.05) is 20.1 Å². The molecule has 7 nitrogen and oxygen atoms in total. The number of aliphatic hydroxyl groups is 1. The Kier molecular flexibility index (Phi) is 14.3. The molecule has 3 amide bonds. The van der Waals surface area contributed by atoms with Gasteiger partial charge in [0.05, 0.1) is 5.92 Å². The van der Waals surface area contributed by atoms with Crippen LogP contribution in [0.15, 0.2) is 23.9 Å². The zero-order chi connectivity index (χ0) is 24.7. The SMILES string of the molecule is CC.CO.FC(F)(F)CC1CCCCC1.NC(=O)N1C(=O)[C@H](CC2=CCNC=C2)C1C=O. The van der Waals surface area contributed by atoms with Crippen molar-refractivity contribution in [3.63, 3.8) is 0 Å². The number of imide groups is 1. The van der Waals surface area contributed by atoms with E-state index in [-0.39, 0.29) is 11.8 Å². The maximum absolute atomic E-state index is 11.8. The van der Waals surface area contributed by atoms with Crippen molar-refractivity contribution in [2.45, 2.75) is 71.0 Å². The summed E-state index contributed by atoms with van der Waals surface area (Å²) in [6.07, 6.45) is 6.80. The number of likely N-dealkylation sites (tertiary alicyclic amines) is 1. The molecule has 4 N–H and O–H groups in total. The van der Waals surface area contributed by atoms with Gasteiger partial charge < -0.3 is 21.0 Å². The number of rotatable bonds is 4. The van der Waals surface area contributed by atoms with Gasteiger partial charge in [-0.1, -0.05) is 52.0 Å². The maximum Gasteiger partial charge on any atom is 0.389 e. The van der Waals surface area contributed by atoms with Gasteiger partial charge in [0.25, 0.3) is 0 Å². The van der Waals surface area contributed by atoms with Crippen molar-refractivity contribution in [2.75, 3.05) is 13.7 Å². The molecular weight excluding hydrogens is 427 g/mol. The standard InChI is InChI=1S/C11H13N3O3.C8H13F3.C2H6.CH4O/c12-11(17)14-9(6-15)8(10(14)16)5-7-1-3-13-4-2-7;9-8(10,11)6-7-4-2-1-3-5-7;2*1-2/h1-3,6,8-9,13H,4-5H2,(H2,12,17);7H,1-6H2;1-2H3;2H,1H3/t8-,9?;;;/m1.../s1. The molecule has 2 heterocycles. The number of aldehydes is 1. The van der Waals surface area contributed by atoms with E-state index in [9.17, 15) is 27.6 Å². The van der Waals surface area contributed by atoms with Crippen molar-refractivity contribution in [3.05, 3.63) is 23.9 Å². The third-order valence-electron chi connectivity index (χ3n) is 5.24. The molecule has 1 aliphatic carbocycles. The van der Waals surface area contributed by atoms with E-state index in [4.69, 9.17) is 10.8 Å². The molecule has 2 aliphatic heterocycles. The number of primary amides is 1. The van der Waals surface area contributed by atoms with Crippen LogP contribution >= 0.6 is 0 Å². The van der Waals surface area contributed by atoms with E-state index in [0.717, 1.165) is 49.7 Å². The second-order valence-electron chi connectivity index (χ2n) is 7.33. The summed E-state index contributed by atoms with van der Waals surface area (Å²) in [6, 6.07) is -1.58. The molecule has 32 heavy (non-hydrogen) atoms. The lowest BCUT2D eigenvalue weighted by molar-refractivity contribution is -0.152.